The molecular formula is C19H32N4O. The van der Waals surface area contributed by atoms with Gasteiger partial charge in [-0.1, -0.05) is 19.4 Å². The first-order valence-corrected chi connectivity index (χ1v) is 9.23. The van der Waals surface area contributed by atoms with Crippen LogP contribution >= 0.6 is 0 Å². The quantitative estimate of drug-likeness (QED) is 0.835. The lowest BCUT2D eigenvalue weighted by Crippen LogP contribution is -2.46. The van der Waals surface area contributed by atoms with E-state index in [1.54, 1.807) is 11.1 Å². The van der Waals surface area contributed by atoms with E-state index in [9.17, 15) is 4.79 Å². The Morgan fingerprint density at radius 2 is 2.17 bits per heavy atom. The number of likely N-dealkylation sites (tertiary alicyclic amines) is 1. The number of urea groups is 1. The smallest absolute Gasteiger partial charge is 0.317 e. The van der Waals surface area contributed by atoms with E-state index in [1.807, 2.05) is 25.2 Å². The number of likely N-dealkylation sites (N-methyl/N-ethyl adjacent to an activating group) is 1. The van der Waals surface area contributed by atoms with Crippen LogP contribution in [0.25, 0.3) is 0 Å². The zero-order valence-electron chi connectivity index (χ0n) is 15.4. The number of piperidine rings is 1. The van der Waals surface area contributed by atoms with Gasteiger partial charge in [-0.25, -0.2) is 4.79 Å². The van der Waals surface area contributed by atoms with Crippen molar-refractivity contribution < 1.29 is 4.79 Å². The molecule has 0 saturated carbocycles. The van der Waals surface area contributed by atoms with Gasteiger partial charge in [0.2, 0.25) is 0 Å². The number of rotatable bonds is 7. The second-order valence-electron chi connectivity index (χ2n) is 6.91. The second kappa shape index (κ2) is 9.62. The Hall–Kier alpha value is -1.62. The third-order valence-corrected chi connectivity index (χ3v) is 5.20. The molecule has 1 N–H and O–H groups in total. The molecule has 1 aliphatic rings. The highest BCUT2D eigenvalue weighted by Gasteiger charge is 2.19. The number of pyridine rings is 1. The van der Waals surface area contributed by atoms with Gasteiger partial charge in [-0.15, -0.1) is 0 Å². The summed E-state index contributed by atoms with van der Waals surface area (Å²) in [5.41, 5.74) is 1.02. The molecule has 1 fully saturated rings. The van der Waals surface area contributed by atoms with Gasteiger partial charge in [0.1, 0.15) is 0 Å². The highest BCUT2D eigenvalue weighted by atomic mass is 16.2. The Morgan fingerprint density at radius 1 is 1.42 bits per heavy atom. The first-order chi connectivity index (χ1) is 11.6. The molecular weight excluding hydrogens is 300 g/mol. The average Bonchev–Trinajstić information content (AvgIpc) is 2.62. The monoisotopic (exact) mass is 332 g/mol. The van der Waals surface area contributed by atoms with Gasteiger partial charge < -0.3 is 15.1 Å². The van der Waals surface area contributed by atoms with Gasteiger partial charge >= 0.3 is 6.03 Å². The van der Waals surface area contributed by atoms with Crippen LogP contribution in [0.15, 0.2) is 24.4 Å². The molecule has 2 amide bonds. The van der Waals surface area contributed by atoms with Crippen LogP contribution in [0.2, 0.25) is 0 Å². The lowest BCUT2D eigenvalue weighted by atomic mass is 9.94. The molecule has 0 radical (unpaired) electrons. The molecule has 0 aliphatic carbocycles. The van der Waals surface area contributed by atoms with Gasteiger partial charge in [0.25, 0.3) is 0 Å². The molecule has 0 spiro atoms. The number of carbonyl (C=O) groups excluding carboxylic acids is 1. The molecule has 5 heteroatoms. The maximum absolute atomic E-state index is 12.3. The van der Waals surface area contributed by atoms with Crippen molar-refractivity contribution in [2.75, 3.05) is 33.2 Å². The summed E-state index contributed by atoms with van der Waals surface area (Å²) in [7, 11) is 1.86. The van der Waals surface area contributed by atoms with Gasteiger partial charge in [-0.05, 0) is 50.9 Å². The van der Waals surface area contributed by atoms with Crippen molar-refractivity contribution >= 4 is 6.03 Å². The van der Waals surface area contributed by atoms with E-state index < -0.39 is 0 Å². The zero-order valence-corrected chi connectivity index (χ0v) is 15.4. The number of nitrogens with zero attached hydrogens (tertiary/aromatic N) is 3. The fraction of sp³-hybridized carbons (Fsp3) is 0.684. The average molecular weight is 332 g/mol. The Kier molecular flexibility index (Phi) is 7.50. The van der Waals surface area contributed by atoms with Crippen molar-refractivity contribution in [1.29, 1.82) is 0 Å². The number of hydrogen-bond acceptors (Lipinski definition) is 3. The lowest BCUT2D eigenvalue weighted by Gasteiger charge is -2.32. The lowest BCUT2D eigenvalue weighted by molar-refractivity contribution is 0.173. The van der Waals surface area contributed by atoms with Crippen molar-refractivity contribution in [2.24, 2.45) is 5.92 Å². The first-order valence-electron chi connectivity index (χ1n) is 9.23. The van der Waals surface area contributed by atoms with Crippen molar-refractivity contribution in [3.63, 3.8) is 0 Å². The molecule has 1 aliphatic heterocycles. The molecule has 1 aromatic rings. The fourth-order valence-electron chi connectivity index (χ4n) is 3.22. The van der Waals surface area contributed by atoms with Crippen LogP contribution in [0.5, 0.6) is 0 Å². The summed E-state index contributed by atoms with van der Waals surface area (Å²) in [5, 5.41) is 3.05. The van der Waals surface area contributed by atoms with Gasteiger partial charge in [-0.2, -0.15) is 0 Å². The minimum atomic E-state index is 0.00174. The van der Waals surface area contributed by atoms with Crippen LogP contribution in [0, 0.1) is 5.92 Å². The van der Waals surface area contributed by atoms with Gasteiger partial charge in [0.05, 0.1) is 0 Å². The minimum Gasteiger partial charge on any atom is -0.337 e. The van der Waals surface area contributed by atoms with E-state index in [2.05, 4.69) is 29.0 Å². The van der Waals surface area contributed by atoms with Crippen LogP contribution in [0.1, 0.15) is 38.8 Å². The largest absolute Gasteiger partial charge is 0.337 e. The Labute approximate surface area is 146 Å². The topological polar surface area (TPSA) is 48.5 Å². The van der Waals surface area contributed by atoms with E-state index in [1.165, 1.54) is 32.4 Å². The minimum absolute atomic E-state index is 0.00174. The first kappa shape index (κ1) is 18.7. The van der Waals surface area contributed by atoms with Crippen LogP contribution in [0.3, 0.4) is 0 Å². The number of amides is 2. The predicted octanol–water partition coefficient (Wildman–Crippen LogP) is 2.78. The van der Waals surface area contributed by atoms with Gasteiger partial charge in [-0.3, -0.25) is 4.98 Å². The third kappa shape index (κ3) is 5.78. The standard InChI is InChI=1S/C19H32N4O/c1-4-17-8-12-23(13-9-17)14-11-21-19(24)22(3)16(2)15-18-7-5-6-10-20-18/h5-7,10,16-17H,4,8-9,11-15H2,1-3H3,(H,21,24)/t16-/m1/s1. The maximum Gasteiger partial charge on any atom is 0.317 e. The van der Waals surface area contributed by atoms with E-state index in [0.717, 1.165) is 31.1 Å². The van der Waals surface area contributed by atoms with Crippen molar-refractivity contribution in [3.05, 3.63) is 30.1 Å². The molecule has 0 bridgehead atoms. The summed E-state index contributed by atoms with van der Waals surface area (Å²) in [5.74, 6) is 0.898. The Morgan fingerprint density at radius 3 is 2.79 bits per heavy atom. The van der Waals surface area contributed by atoms with Crippen molar-refractivity contribution in [1.82, 2.24) is 20.1 Å². The highest BCUT2D eigenvalue weighted by molar-refractivity contribution is 5.74. The van der Waals surface area contributed by atoms with Crippen LogP contribution in [-0.4, -0.2) is 60.1 Å². The normalized spacial score (nSPS) is 17.5. The number of nitrogens with one attached hydrogen (secondary N) is 1. The zero-order chi connectivity index (χ0) is 17.4. The van der Waals surface area contributed by atoms with Gasteiger partial charge in [0, 0.05) is 44.5 Å². The Bertz CT molecular complexity index is 485. The molecule has 1 saturated heterocycles. The summed E-state index contributed by atoms with van der Waals surface area (Å²) in [6.07, 6.45) is 6.46. The molecule has 2 rings (SSSR count). The molecule has 24 heavy (non-hydrogen) atoms. The molecule has 0 unspecified atom stereocenters. The highest BCUT2D eigenvalue weighted by Crippen LogP contribution is 2.19. The molecule has 5 nitrogen and oxygen atoms in total. The molecule has 1 aromatic heterocycles. The molecule has 1 atom stereocenters. The molecule has 134 valence electrons. The number of hydrogen-bond donors (Lipinski definition) is 1. The van der Waals surface area contributed by atoms with Crippen molar-refractivity contribution in [3.8, 4) is 0 Å². The summed E-state index contributed by atoms with van der Waals surface area (Å²) in [6.45, 7) is 8.34. The summed E-state index contributed by atoms with van der Waals surface area (Å²) >= 11 is 0. The number of carbonyl (C=O) groups is 1. The van der Waals surface area contributed by atoms with Crippen molar-refractivity contribution in [2.45, 2.75) is 45.6 Å². The van der Waals surface area contributed by atoms with E-state index >= 15 is 0 Å². The fourth-order valence-corrected chi connectivity index (χ4v) is 3.22. The van der Waals surface area contributed by atoms with E-state index in [0.29, 0.717) is 0 Å². The second-order valence-corrected chi connectivity index (χ2v) is 6.91. The maximum atomic E-state index is 12.3. The number of aromatic nitrogens is 1. The van der Waals surface area contributed by atoms with Crippen LogP contribution in [-0.2, 0) is 6.42 Å². The van der Waals surface area contributed by atoms with Crippen LogP contribution in [0.4, 0.5) is 4.79 Å². The molecule has 0 aromatic carbocycles. The van der Waals surface area contributed by atoms with E-state index in [4.69, 9.17) is 0 Å². The molecule has 2 heterocycles. The SMILES string of the molecule is CCC1CCN(CCNC(=O)N(C)[C@H](C)Cc2ccccn2)CC1. The summed E-state index contributed by atoms with van der Waals surface area (Å²) in [4.78, 5) is 20.9. The van der Waals surface area contributed by atoms with E-state index in [-0.39, 0.29) is 12.1 Å². The van der Waals surface area contributed by atoms with Gasteiger partial charge in [0.15, 0.2) is 0 Å². The third-order valence-electron chi connectivity index (χ3n) is 5.20. The predicted molar refractivity (Wildman–Crippen MR) is 98.0 cm³/mol. The Balaban J connectivity index is 1.66. The summed E-state index contributed by atoms with van der Waals surface area (Å²) in [6, 6.07) is 6.02. The van der Waals surface area contributed by atoms with Crippen LogP contribution < -0.4 is 5.32 Å². The summed E-state index contributed by atoms with van der Waals surface area (Å²) < 4.78 is 0.